The lowest BCUT2D eigenvalue weighted by Gasteiger charge is -2.31. The average Bonchev–Trinajstić information content (AvgIpc) is 3.18. The molecule has 1 saturated heterocycles. The van der Waals surface area contributed by atoms with Crippen molar-refractivity contribution in [2.75, 3.05) is 31.6 Å². The van der Waals surface area contributed by atoms with Crippen LogP contribution in [0.4, 0.5) is 14.9 Å². The molecule has 2 aromatic carbocycles. The molecule has 1 saturated carbocycles. The van der Waals surface area contributed by atoms with Gasteiger partial charge in [0.05, 0.1) is 13.2 Å². The van der Waals surface area contributed by atoms with E-state index in [9.17, 15) is 14.0 Å². The average molecular weight is 411 g/mol. The number of nitrogens with one attached hydrogen (secondary N) is 2. The maximum absolute atomic E-state index is 13.4. The lowest BCUT2D eigenvalue weighted by Crippen LogP contribution is -2.44. The van der Waals surface area contributed by atoms with Crippen molar-refractivity contribution in [1.29, 1.82) is 0 Å². The van der Waals surface area contributed by atoms with Crippen LogP contribution in [-0.4, -0.2) is 49.2 Å². The highest BCUT2D eigenvalue weighted by atomic mass is 19.1. The van der Waals surface area contributed by atoms with Crippen LogP contribution in [0.3, 0.4) is 0 Å². The van der Waals surface area contributed by atoms with Gasteiger partial charge in [-0.15, -0.1) is 0 Å². The Balaban J connectivity index is 1.47. The Kier molecular flexibility index (Phi) is 6.28. The highest BCUT2D eigenvalue weighted by Gasteiger charge is 2.42. The summed E-state index contributed by atoms with van der Waals surface area (Å²) in [5.74, 6) is -0.538. The largest absolute Gasteiger partial charge is 0.378 e. The number of urea groups is 1. The Morgan fingerprint density at radius 1 is 0.967 bits per heavy atom. The van der Waals surface area contributed by atoms with Crippen molar-refractivity contribution >= 4 is 17.6 Å². The number of benzene rings is 2. The molecule has 6 nitrogen and oxygen atoms in total. The summed E-state index contributed by atoms with van der Waals surface area (Å²) >= 11 is 0. The topological polar surface area (TPSA) is 70.7 Å². The monoisotopic (exact) mass is 411 g/mol. The molecule has 1 heterocycles. The van der Waals surface area contributed by atoms with Crippen LogP contribution in [0.5, 0.6) is 0 Å². The molecule has 2 aliphatic rings. The van der Waals surface area contributed by atoms with Gasteiger partial charge in [-0.25, -0.2) is 9.18 Å². The molecule has 30 heavy (non-hydrogen) atoms. The summed E-state index contributed by atoms with van der Waals surface area (Å²) < 4.78 is 18.8. The molecule has 0 radical (unpaired) electrons. The first-order valence-electron chi connectivity index (χ1n) is 10.3. The molecule has 2 fully saturated rings. The summed E-state index contributed by atoms with van der Waals surface area (Å²) in [6, 6.07) is 15.1. The van der Waals surface area contributed by atoms with E-state index < -0.39 is 0 Å². The van der Waals surface area contributed by atoms with Gasteiger partial charge in [-0.05, 0) is 48.6 Å². The zero-order valence-electron chi connectivity index (χ0n) is 16.7. The number of nitrogens with zero attached hydrogens (tertiary/aromatic N) is 1. The number of carbonyl (C=O) groups excluding carboxylic acids is 2. The maximum Gasteiger partial charge on any atom is 0.319 e. The van der Waals surface area contributed by atoms with Crippen LogP contribution < -0.4 is 10.6 Å². The molecule has 3 atom stereocenters. The minimum absolute atomic E-state index is 0.0667. The standard InChI is InChI=1S/C23H26FN3O3/c24-17-8-6-16(7-9-17)20-14-19(26-23(29)25-18-4-2-1-3-5-18)15-21(20)22(28)27-10-12-30-13-11-27/h1-9,19-21H,10-15H2,(H2,25,26,29)/t19-,20+,21-/m0/s1. The van der Waals surface area contributed by atoms with E-state index in [0.29, 0.717) is 44.8 Å². The summed E-state index contributed by atoms with van der Waals surface area (Å²) in [7, 11) is 0. The predicted octanol–water partition coefficient (Wildman–Crippen LogP) is 3.37. The maximum atomic E-state index is 13.4. The summed E-state index contributed by atoms with van der Waals surface area (Å²) in [6.45, 7) is 2.25. The first-order chi connectivity index (χ1) is 14.6. The molecule has 0 spiro atoms. The molecular weight excluding hydrogens is 385 g/mol. The van der Waals surface area contributed by atoms with Crippen molar-refractivity contribution in [1.82, 2.24) is 10.2 Å². The highest BCUT2D eigenvalue weighted by Crippen LogP contribution is 2.41. The Morgan fingerprint density at radius 3 is 2.37 bits per heavy atom. The summed E-state index contributed by atoms with van der Waals surface area (Å²) in [5, 5.41) is 5.83. The summed E-state index contributed by atoms with van der Waals surface area (Å²) in [4.78, 5) is 27.5. The normalized spacial score (nSPS) is 23.8. The van der Waals surface area contributed by atoms with E-state index in [2.05, 4.69) is 10.6 Å². The summed E-state index contributed by atoms with van der Waals surface area (Å²) in [5.41, 5.74) is 1.64. The molecular formula is C23H26FN3O3. The van der Waals surface area contributed by atoms with Crippen LogP contribution in [0.25, 0.3) is 0 Å². The minimum atomic E-state index is -0.301. The van der Waals surface area contributed by atoms with E-state index in [1.54, 1.807) is 12.1 Å². The van der Waals surface area contributed by atoms with Crippen LogP contribution in [0.15, 0.2) is 54.6 Å². The smallest absolute Gasteiger partial charge is 0.319 e. The van der Waals surface area contributed by atoms with E-state index >= 15 is 0 Å². The van der Waals surface area contributed by atoms with E-state index in [4.69, 9.17) is 4.74 Å². The van der Waals surface area contributed by atoms with E-state index in [-0.39, 0.29) is 35.6 Å². The van der Waals surface area contributed by atoms with E-state index in [0.717, 1.165) is 5.56 Å². The second-order valence-corrected chi connectivity index (χ2v) is 7.84. The van der Waals surface area contributed by atoms with Gasteiger partial charge < -0.3 is 20.3 Å². The first kappa shape index (κ1) is 20.3. The number of para-hydroxylation sites is 1. The Hall–Kier alpha value is -2.93. The van der Waals surface area contributed by atoms with Gasteiger partial charge in [0.1, 0.15) is 5.82 Å². The molecule has 3 amide bonds. The SMILES string of the molecule is O=C(Nc1ccccc1)N[C@@H]1C[C@H](C(=O)N2CCOCC2)[C@@H](c2ccc(F)cc2)C1. The Labute approximate surface area is 175 Å². The third-order valence-corrected chi connectivity index (χ3v) is 5.87. The number of rotatable bonds is 4. The molecule has 0 unspecified atom stereocenters. The minimum Gasteiger partial charge on any atom is -0.378 e. The lowest BCUT2D eigenvalue weighted by atomic mass is 9.88. The van der Waals surface area contributed by atoms with E-state index in [1.165, 1.54) is 12.1 Å². The van der Waals surface area contributed by atoms with Gasteiger partial charge in [0.25, 0.3) is 0 Å². The molecule has 7 heteroatoms. The van der Waals surface area contributed by atoms with Crippen molar-refractivity contribution in [3.8, 4) is 0 Å². The molecule has 158 valence electrons. The molecule has 0 aromatic heterocycles. The van der Waals surface area contributed by atoms with Crippen molar-refractivity contribution in [2.24, 2.45) is 5.92 Å². The molecule has 2 N–H and O–H groups in total. The fraction of sp³-hybridized carbons (Fsp3) is 0.391. The van der Waals surface area contributed by atoms with Gasteiger partial charge in [-0.2, -0.15) is 0 Å². The number of anilines is 1. The van der Waals surface area contributed by atoms with Gasteiger partial charge in [-0.1, -0.05) is 30.3 Å². The first-order valence-corrected chi connectivity index (χ1v) is 10.3. The van der Waals surface area contributed by atoms with Crippen LogP contribution in [0, 0.1) is 11.7 Å². The van der Waals surface area contributed by atoms with Crippen molar-refractivity contribution in [2.45, 2.75) is 24.8 Å². The molecule has 2 aromatic rings. The zero-order valence-corrected chi connectivity index (χ0v) is 16.7. The van der Waals surface area contributed by atoms with Gasteiger partial charge in [0, 0.05) is 30.7 Å². The number of amides is 3. The van der Waals surface area contributed by atoms with Crippen LogP contribution in [0.1, 0.15) is 24.3 Å². The van der Waals surface area contributed by atoms with E-state index in [1.807, 2.05) is 35.2 Å². The number of hydrogen-bond acceptors (Lipinski definition) is 3. The van der Waals surface area contributed by atoms with Gasteiger partial charge in [-0.3, -0.25) is 4.79 Å². The van der Waals surface area contributed by atoms with Gasteiger partial charge in [0.2, 0.25) is 5.91 Å². The second-order valence-electron chi connectivity index (χ2n) is 7.84. The highest BCUT2D eigenvalue weighted by molar-refractivity contribution is 5.89. The zero-order chi connectivity index (χ0) is 20.9. The fourth-order valence-electron chi connectivity index (χ4n) is 4.40. The number of ether oxygens (including phenoxy) is 1. The van der Waals surface area contributed by atoms with Crippen LogP contribution in [0.2, 0.25) is 0 Å². The summed E-state index contributed by atoms with van der Waals surface area (Å²) in [6.07, 6.45) is 1.19. The molecule has 4 rings (SSSR count). The number of morpholine rings is 1. The number of halogens is 1. The van der Waals surface area contributed by atoms with Crippen molar-refractivity contribution in [3.05, 3.63) is 66.0 Å². The lowest BCUT2D eigenvalue weighted by molar-refractivity contribution is -0.140. The fourth-order valence-corrected chi connectivity index (χ4v) is 4.40. The van der Waals surface area contributed by atoms with Crippen molar-refractivity contribution in [3.63, 3.8) is 0 Å². The molecule has 1 aliphatic carbocycles. The Morgan fingerprint density at radius 2 is 1.67 bits per heavy atom. The molecule has 1 aliphatic heterocycles. The van der Waals surface area contributed by atoms with Gasteiger partial charge in [0.15, 0.2) is 0 Å². The third kappa shape index (κ3) is 4.79. The number of carbonyl (C=O) groups is 2. The number of hydrogen-bond donors (Lipinski definition) is 2. The van der Waals surface area contributed by atoms with Gasteiger partial charge >= 0.3 is 6.03 Å². The quantitative estimate of drug-likeness (QED) is 0.811. The van der Waals surface area contributed by atoms with Crippen LogP contribution in [-0.2, 0) is 9.53 Å². The van der Waals surface area contributed by atoms with Crippen LogP contribution >= 0.6 is 0 Å². The molecule has 0 bridgehead atoms. The Bertz CT molecular complexity index is 869. The third-order valence-electron chi connectivity index (χ3n) is 5.87. The van der Waals surface area contributed by atoms with Crippen molar-refractivity contribution < 1.29 is 18.7 Å². The second kappa shape index (κ2) is 9.26. The predicted molar refractivity (Wildman–Crippen MR) is 112 cm³/mol.